The number of ether oxygens (including phenoxy) is 1. The van der Waals surface area contributed by atoms with Crippen molar-refractivity contribution in [2.75, 3.05) is 7.11 Å². The summed E-state index contributed by atoms with van der Waals surface area (Å²) in [5, 5.41) is 13.8. The fourth-order valence-electron chi connectivity index (χ4n) is 3.25. The van der Waals surface area contributed by atoms with E-state index in [0.29, 0.717) is 37.1 Å². The summed E-state index contributed by atoms with van der Waals surface area (Å²) in [6.07, 6.45) is 2.28. The third-order valence-electron chi connectivity index (χ3n) is 4.59. The number of carbonyl (C=O) groups excluding carboxylic acids is 1. The number of aromatic nitrogens is 4. The van der Waals surface area contributed by atoms with Crippen molar-refractivity contribution in [2.24, 2.45) is 5.73 Å². The highest BCUT2D eigenvalue weighted by Gasteiger charge is 2.17. The van der Waals surface area contributed by atoms with Crippen molar-refractivity contribution in [3.05, 3.63) is 59.4 Å². The molecule has 7 nitrogen and oxygen atoms in total. The summed E-state index contributed by atoms with van der Waals surface area (Å²) in [6, 6.07) is 12.5. The Morgan fingerprint density at radius 1 is 1.29 bits per heavy atom. The highest BCUT2D eigenvalue weighted by molar-refractivity contribution is 5.73. The number of aromatic amines is 1. The van der Waals surface area contributed by atoms with Gasteiger partial charge in [0.25, 0.3) is 0 Å². The number of nitrogens with one attached hydrogen (secondary N) is 1. The van der Waals surface area contributed by atoms with Crippen LogP contribution in [0.3, 0.4) is 0 Å². The highest BCUT2D eigenvalue weighted by Crippen LogP contribution is 2.30. The minimum Gasteiger partial charge on any atom is -0.497 e. The van der Waals surface area contributed by atoms with Crippen LogP contribution >= 0.6 is 0 Å². The molecule has 1 heterocycles. The van der Waals surface area contributed by atoms with Gasteiger partial charge in [0.2, 0.25) is 11.7 Å². The largest absolute Gasteiger partial charge is 0.497 e. The van der Waals surface area contributed by atoms with Crippen LogP contribution < -0.4 is 10.5 Å². The van der Waals surface area contributed by atoms with Crippen molar-refractivity contribution in [1.82, 2.24) is 20.6 Å². The van der Waals surface area contributed by atoms with Crippen LogP contribution in [0, 0.1) is 5.82 Å². The molecule has 2 aromatic carbocycles. The molecule has 1 aromatic heterocycles. The van der Waals surface area contributed by atoms with Crippen LogP contribution in [0.2, 0.25) is 0 Å². The number of H-pyrrole nitrogens is 1. The van der Waals surface area contributed by atoms with Crippen LogP contribution in [-0.2, 0) is 11.2 Å². The molecule has 3 N–H and O–H groups in total. The maximum atomic E-state index is 14.3. The van der Waals surface area contributed by atoms with Crippen molar-refractivity contribution in [3.63, 3.8) is 0 Å². The van der Waals surface area contributed by atoms with Crippen LogP contribution in [0.25, 0.3) is 11.4 Å². The average Bonchev–Trinajstić information content (AvgIpc) is 3.21. The smallest absolute Gasteiger partial charge is 0.217 e. The number of nitrogens with two attached hydrogens (primary N) is 1. The van der Waals surface area contributed by atoms with E-state index >= 15 is 0 Å². The normalized spacial score (nSPS) is 11.9. The molecule has 3 aromatic rings. The number of methoxy groups -OCH3 is 1. The first kappa shape index (κ1) is 19.5. The maximum Gasteiger partial charge on any atom is 0.217 e. The van der Waals surface area contributed by atoms with Gasteiger partial charge in [-0.25, -0.2) is 4.39 Å². The van der Waals surface area contributed by atoms with Crippen molar-refractivity contribution < 1.29 is 13.9 Å². The van der Waals surface area contributed by atoms with Crippen LogP contribution in [0.4, 0.5) is 4.39 Å². The van der Waals surface area contributed by atoms with Gasteiger partial charge in [-0.1, -0.05) is 12.1 Å². The zero-order chi connectivity index (χ0) is 19.9. The SMILES string of the molecule is COc1cccc(CC(CCCC(N)=O)c2cc(F)cc(-c3nn[nH]n3)c2)c1. The van der Waals surface area contributed by atoms with Gasteiger partial charge in [0, 0.05) is 12.0 Å². The average molecular weight is 383 g/mol. The standard InChI is InChI=1S/C20H22FN5O2/c1-28-18-6-2-4-13(9-18)8-14(5-3-7-19(22)27)15-10-16(12-17(21)11-15)20-23-25-26-24-20/h2,4,6,9-12,14H,3,5,7-8H2,1H3,(H2,22,27)(H,23,24,25,26). The van der Waals surface area contributed by atoms with Crippen molar-refractivity contribution in [2.45, 2.75) is 31.6 Å². The second-order valence-corrected chi connectivity index (χ2v) is 6.62. The molecule has 0 aliphatic rings. The molecule has 0 saturated carbocycles. The number of nitrogens with zero attached hydrogens (tertiary/aromatic N) is 3. The molecule has 0 aliphatic heterocycles. The molecule has 0 aliphatic carbocycles. The zero-order valence-corrected chi connectivity index (χ0v) is 15.6. The predicted octanol–water partition coefficient (Wildman–Crippen LogP) is 3.00. The first-order valence-corrected chi connectivity index (χ1v) is 9.00. The molecule has 0 radical (unpaired) electrons. The molecule has 1 atom stereocenters. The lowest BCUT2D eigenvalue weighted by Gasteiger charge is -2.19. The lowest BCUT2D eigenvalue weighted by molar-refractivity contribution is -0.118. The Hall–Kier alpha value is -3.29. The summed E-state index contributed by atoms with van der Waals surface area (Å²) in [7, 11) is 1.62. The molecule has 0 saturated heterocycles. The number of carbonyl (C=O) groups is 1. The van der Waals surface area contributed by atoms with E-state index in [1.807, 2.05) is 30.3 Å². The van der Waals surface area contributed by atoms with E-state index in [1.54, 1.807) is 7.11 Å². The van der Waals surface area contributed by atoms with Gasteiger partial charge in [-0.15, -0.1) is 10.2 Å². The number of amides is 1. The molecule has 1 unspecified atom stereocenters. The van der Waals surface area contributed by atoms with E-state index in [0.717, 1.165) is 16.9 Å². The van der Waals surface area contributed by atoms with Gasteiger partial charge >= 0.3 is 0 Å². The number of tetrazole rings is 1. The van der Waals surface area contributed by atoms with Gasteiger partial charge in [-0.05, 0) is 71.9 Å². The van der Waals surface area contributed by atoms with E-state index in [-0.39, 0.29) is 17.6 Å². The number of benzene rings is 2. The van der Waals surface area contributed by atoms with Crippen molar-refractivity contribution in [1.29, 1.82) is 0 Å². The van der Waals surface area contributed by atoms with Crippen LogP contribution in [-0.4, -0.2) is 33.6 Å². The lowest BCUT2D eigenvalue weighted by Crippen LogP contribution is -2.11. The highest BCUT2D eigenvalue weighted by atomic mass is 19.1. The molecule has 28 heavy (non-hydrogen) atoms. The Morgan fingerprint density at radius 2 is 2.14 bits per heavy atom. The Labute approximate surface area is 162 Å². The summed E-state index contributed by atoms with van der Waals surface area (Å²) in [5.41, 5.74) is 7.70. The quantitative estimate of drug-likeness (QED) is 0.591. The van der Waals surface area contributed by atoms with Crippen LogP contribution in [0.5, 0.6) is 5.75 Å². The number of hydrogen-bond donors (Lipinski definition) is 2. The van der Waals surface area contributed by atoms with Gasteiger partial charge < -0.3 is 10.5 Å². The van der Waals surface area contributed by atoms with E-state index in [2.05, 4.69) is 20.6 Å². The fourth-order valence-corrected chi connectivity index (χ4v) is 3.25. The van der Waals surface area contributed by atoms with Gasteiger partial charge in [0.1, 0.15) is 11.6 Å². The molecule has 146 valence electrons. The Bertz CT molecular complexity index is 930. The summed E-state index contributed by atoms with van der Waals surface area (Å²) in [5.74, 6) is 0.376. The Balaban J connectivity index is 1.90. The van der Waals surface area contributed by atoms with Crippen LogP contribution in [0.15, 0.2) is 42.5 Å². The second-order valence-electron chi connectivity index (χ2n) is 6.62. The Kier molecular flexibility index (Phi) is 6.31. The minimum absolute atomic E-state index is 0.00666. The zero-order valence-electron chi connectivity index (χ0n) is 15.6. The first-order valence-electron chi connectivity index (χ1n) is 9.00. The van der Waals surface area contributed by atoms with Gasteiger partial charge in [-0.3, -0.25) is 4.79 Å². The van der Waals surface area contributed by atoms with Crippen LogP contribution in [0.1, 0.15) is 36.3 Å². The van der Waals surface area contributed by atoms with Gasteiger partial charge in [-0.2, -0.15) is 5.21 Å². The monoisotopic (exact) mass is 383 g/mol. The number of rotatable bonds is 9. The molecule has 1 amide bonds. The molecular weight excluding hydrogens is 361 g/mol. The summed E-state index contributed by atoms with van der Waals surface area (Å²) >= 11 is 0. The number of halogens is 1. The van der Waals surface area contributed by atoms with Gasteiger partial charge in [0.15, 0.2) is 0 Å². The number of primary amides is 1. The van der Waals surface area contributed by atoms with Crippen molar-refractivity contribution >= 4 is 5.91 Å². The van der Waals surface area contributed by atoms with E-state index in [9.17, 15) is 9.18 Å². The molecule has 0 bridgehead atoms. The van der Waals surface area contributed by atoms with E-state index in [4.69, 9.17) is 10.5 Å². The van der Waals surface area contributed by atoms with E-state index < -0.39 is 0 Å². The predicted molar refractivity (Wildman–Crippen MR) is 102 cm³/mol. The minimum atomic E-state index is -0.372. The van der Waals surface area contributed by atoms with Gasteiger partial charge in [0.05, 0.1) is 7.11 Å². The third-order valence-corrected chi connectivity index (χ3v) is 4.59. The maximum absolute atomic E-state index is 14.3. The molecule has 0 spiro atoms. The molecule has 3 rings (SSSR count). The lowest BCUT2D eigenvalue weighted by atomic mass is 9.86. The topological polar surface area (TPSA) is 107 Å². The first-order chi connectivity index (χ1) is 13.5. The Morgan fingerprint density at radius 3 is 2.86 bits per heavy atom. The molecular formula is C20H22FN5O2. The fraction of sp³-hybridized carbons (Fsp3) is 0.300. The third kappa shape index (κ3) is 5.12. The number of hydrogen-bond acceptors (Lipinski definition) is 5. The van der Waals surface area contributed by atoms with E-state index in [1.165, 1.54) is 12.1 Å². The second kappa shape index (κ2) is 9.07. The summed E-state index contributed by atoms with van der Waals surface area (Å²) < 4.78 is 19.6. The molecule has 8 heteroatoms. The molecule has 0 fully saturated rings. The van der Waals surface area contributed by atoms with Crippen molar-refractivity contribution in [3.8, 4) is 17.1 Å². The summed E-state index contributed by atoms with van der Waals surface area (Å²) in [4.78, 5) is 11.1. The summed E-state index contributed by atoms with van der Waals surface area (Å²) in [6.45, 7) is 0.